The van der Waals surface area contributed by atoms with Crippen LogP contribution >= 0.6 is 0 Å². The summed E-state index contributed by atoms with van der Waals surface area (Å²) >= 11 is 0. The number of carbonyl (C=O) groups excluding carboxylic acids is 1. The summed E-state index contributed by atoms with van der Waals surface area (Å²) in [5.74, 6) is 2.07. The quantitative estimate of drug-likeness (QED) is 0.140. The second-order valence-electron chi connectivity index (χ2n) is 12.0. The first-order chi connectivity index (χ1) is 22.8. The molecule has 2 unspecified atom stereocenters. The lowest BCUT2D eigenvalue weighted by molar-refractivity contribution is 0.131. The van der Waals surface area contributed by atoms with E-state index >= 15 is 0 Å². The number of nitrogens with one attached hydrogen (secondary N) is 1. The van der Waals surface area contributed by atoms with E-state index in [9.17, 15) is 4.79 Å². The van der Waals surface area contributed by atoms with Crippen LogP contribution in [0, 0.1) is 6.92 Å². The van der Waals surface area contributed by atoms with Gasteiger partial charge >= 0.3 is 6.09 Å². The van der Waals surface area contributed by atoms with E-state index in [0.717, 1.165) is 75.4 Å². The molecule has 0 aliphatic heterocycles. The zero-order chi connectivity index (χ0) is 33.3. The number of methoxy groups -OCH3 is 1. The van der Waals surface area contributed by atoms with Gasteiger partial charge in [-0.2, -0.15) is 0 Å². The van der Waals surface area contributed by atoms with Crippen LogP contribution in [0.3, 0.4) is 0 Å². The van der Waals surface area contributed by atoms with Crippen LogP contribution in [0.4, 0.5) is 16.2 Å². The minimum absolute atomic E-state index is 0.508. The summed E-state index contributed by atoms with van der Waals surface area (Å²) in [6.45, 7) is 13.1. The van der Waals surface area contributed by atoms with Gasteiger partial charge in [0.25, 0.3) is 0 Å². The highest BCUT2D eigenvalue weighted by Crippen LogP contribution is 2.32. The molecule has 0 aliphatic carbocycles. The van der Waals surface area contributed by atoms with E-state index in [1.807, 2.05) is 55.5 Å². The summed E-state index contributed by atoms with van der Waals surface area (Å²) in [4.78, 5) is 15.6. The van der Waals surface area contributed by atoms with Crippen LogP contribution in [0.5, 0.6) is 11.5 Å². The molecule has 1 N–H and O–H groups in total. The molecule has 0 spiro atoms. The number of fused-ring (bicyclic) bond motifs is 1. The van der Waals surface area contributed by atoms with Crippen molar-refractivity contribution >= 4 is 28.2 Å². The first-order valence-electron chi connectivity index (χ1n) is 16.5. The SMILES string of the molecule is CCC(C)c1cccc(COc2ccc3cc(C(OC(=O)Nc4ccc(N(CC)CC)cc4C)c4ccc(OC)cc4)ccc3c2)c1. The lowest BCUT2D eigenvalue weighted by Crippen LogP contribution is -2.22. The van der Waals surface area contributed by atoms with Crippen molar-refractivity contribution < 1.29 is 19.0 Å². The summed E-state index contributed by atoms with van der Waals surface area (Å²) in [5.41, 5.74) is 7.02. The highest BCUT2D eigenvalue weighted by molar-refractivity contribution is 5.87. The topological polar surface area (TPSA) is 60.0 Å². The standard InChI is InChI=1S/C41H46N2O4/c1-7-28(4)32-12-10-11-30(24-32)27-46-38-21-17-33-25-35(14-13-34(33)26-38)40(31-15-19-37(45-6)20-16-31)47-41(44)42-39-22-18-36(23-29(39)5)43(8-2)9-3/h10-26,28,40H,7-9,27H2,1-6H3,(H,42,44). The maximum absolute atomic E-state index is 13.4. The minimum Gasteiger partial charge on any atom is -0.497 e. The van der Waals surface area contributed by atoms with Crippen molar-refractivity contribution in [3.8, 4) is 11.5 Å². The number of rotatable bonds is 13. The van der Waals surface area contributed by atoms with Crippen LogP contribution < -0.4 is 19.7 Å². The number of hydrogen-bond donors (Lipinski definition) is 1. The number of ether oxygens (including phenoxy) is 3. The molecule has 5 aromatic carbocycles. The third-order valence-corrected chi connectivity index (χ3v) is 8.90. The maximum Gasteiger partial charge on any atom is 0.412 e. The van der Waals surface area contributed by atoms with E-state index in [2.05, 4.69) is 92.5 Å². The molecule has 0 saturated heterocycles. The van der Waals surface area contributed by atoms with E-state index in [-0.39, 0.29) is 0 Å². The van der Waals surface area contributed by atoms with Crippen molar-refractivity contribution in [3.63, 3.8) is 0 Å². The molecule has 6 nitrogen and oxygen atoms in total. The second-order valence-corrected chi connectivity index (χ2v) is 12.0. The van der Waals surface area contributed by atoms with E-state index in [0.29, 0.717) is 12.5 Å². The zero-order valence-corrected chi connectivity index (χ0v) is 28.4. The molecule has 0 fully saturated rings. The second kappa shape index (κ2) is 15.5. The van der Waals surface area contributed by atoms with Crippen LogP contribution in [0.2, 0.25) is 0 Å². The Bertz CT molecular complexity index is 1800. The van der Waals surface area contributed by atoms with Gasteiger partial charge in [0, 0.05) is 24.5 Å². The highest BCUT2D eigenvalue weighted by atomic mass is 16.6. The van der Waals surface area contributed by atoms with Crippen LogP contribution in [0.15, 0.2) is 103 Å². The number of benzene rings is 5. The van der Waals surface area contributed by atoms with Crippen LogP contribution in [0.25, 0.3) is 10.8 Å². The van der Waals surface area contributed by atoms with E-state index < -0.39 is 12.2 Å². The van der Waals surface area contributed by atoms with Crippen molar-refractivity contribution in [1.29, 1.82) is 0 Å². The molecule has 5 aromatic rings. The van der Waals surface area contributed by atoms with Gasteiger partial charge in [0.2, 0.25) is 0 Å². The number of amides is 1. The molecule has 244 valence electrons. The monoisotopic (exact) mass is 630 g/mol. The largest absolute Gasteiger partial charge is 0.497 e. The molecule has 0 aliphatic rings. The van der Waals surface area contributed by atoms with Gasteiger partial charge in [0.05, 0.1) is 7.11 Å². The lowest BCUT2D eigenvalue weighted by Gasteiger charge is -2.23. The van der Waals surface area contributed by atoms with Gasteiger partial charge in [-0.05, 0) is 120 Å². The first kappa shape index (κ1) is 33.4. The number of carbonyl (C=O) groups is 1. The average Bonchev–Trinajstić information content (AvgIpc) is 3.11. The summed E-state index contributed by atoms with van der Waals surface area (Å²) in [5, 5.41) is 5.04. The van der Waals surface area contributed by atoms with E-state index in [4.69, 9.17) is 14.2 Å². The summed E-state index contributed by atoms with van der Waals surface area (Å²) in [7, 11) is 1.63. The van der Waals surface area contributed by atoms with Crippen LogP contribution in [0.1, 0.15) is 74.0 Å². The van der Waals surface area contributed by atoms with Crippen molar-refractivity contribution in [2.24, 2.45) is 0 Å². The summed E-state index contributed by atoms with van der Waals surface area (Å²) in [6, 6.07) is 34.5. The molecular formula is C41H46N2O4. The molecule has 1 amide bonds. The lowest BCUT2D eigenvalue weighted by atomic mass is 9.97. The average molecular weight is 631 g/mol. The van der Waals surface area contributed by atoms with Gasteiger partial charge in [-0.3, -0.25) is 5.32 Å². The van der Waals surface area contributed by atoms with Gasteiger partial charge in [0.15, 0.2) is 6.10 Å². The third-order valence-electron chi connectivity index (χ3n) is 8.90. The normalized spacial score (nSPS) is 12.3. The summed E-state index contributed by atoms with van der Waals surface area (Å²) in [6.07, 6.45) is -0.0449. The Labute approximate surface area is 279 Å². The molecule has 5 rings (SSSR count). The molecule has 0 saturated carbocycles. The van der Waals surface area contributed by atoms with Crippen molar-refractivity contribution in [3.05, 3.63) is 131 Å². The smallest absolute Gasteiger partial charge is 0.412 e. The Hall–Kier alpha value is -4.97. The van der Waals surface area contributed by atoms with E-state index in [1.165, 1.54) is 5.56 Å². The minimum atomic E-state index is -0.630. The molecular weight excluding hydrogens is 584 g/mol. The summed E-state index contributed by atoms with van der Waals surface area (Å²) < 4.78 is 17.7. The van der Waals surface area contributed by atoms with Gasteiger partial charge in [-0.15, -0.1) is 0 Å². The molecule has 47 heavy (non-hydrogen) atoms. The predicted octanol–water partition coefficient (Wildman–Crippen LogP) is 10.4. The number of aryl methyl sites for hydroxylation is 1. The Morgan fingerprint density at radius 1 is 0.766 bits per heavy atom. The molecule has 0 heterocycles. The third kappa shape index (κ3) is 8.25. The molecule has 2 atom stereocenters. The van der Waals surface area contributed by atoms with Gasteiger partial charge < -0.3 is 19.1 Å². The molecule has 0 bridgehead atoms. The number of nitrogens with zero attached hydrogens (tertiary/aromatic N) is 1. The zero-order valence-electron chi connectivity index (χ0n) is 28.4. The van der Waals surface area contributed by atoms with Gasteiger partial charge in [0.1, 0.15) is 18.1 Å². The Balaban J connectivity index is 1.35. The Morgan fingerprint density at radius 2 is 1.47 bits per heavy atom. The van der Waals surface area contributed by atoms with Crippen molar-refractivity contribution in [2.45, 2.75) is 59.7 Å². The number of hydrogen-bond acceptors (Lipinski definition) is 5. The van der Waals surface area contributed by atoms with Crippen molar-refractivity contribution in [2.75, 3.05) is 30.4 Å². The Kier molecular flexibility index (Phi) is 11.0. The fourth-order valence-corrected chi connectivity index (χ4v) is 5.81. The fraction of sp³-hybridized carbons (Fsp3) is 0.293. The van der Waals surface area contributed by atoms with Crippen LogP contribution in [-0.4, -0.2) is 26.3 Å². The predicted molar refractivity (Wildman–Crippen MR) is 193 cm³/mol. The van der Waals surface area contributed by atoms with Gasteiger partial charge in [-0.25, -0.2) is 4.79 Å². The van der Waals surface area contributed by atoms with Crippen molar-refractivity contribution in [1.82, 2.24) is 0 Å². The molecule has 6 heteroatoms. The number of anilines is 2. The Morgan fingerprint density at radius 3 is 2.17 bits per heavy atom. The highest BCUT2D eigenvalue weighted by Gasteiger charge is 2.21. The molecule has 0 aromatic heterocycles. The first-order valence-corrected chi connectivity index (χ1v) is 16.5. The maximum atomic E-state index is 13.4. The van der Waals surface area contributed by atoms with E-state index in [1.54, 1.807) is 7.11 Å². The molecule has 0 radical (unpaired) electrons. The fourth-order valence-electron chi connectivity index (χ4n) is 5.81. The van der Waals surface area contributed by atoms with Gasteiger partial charge in [-0.1, -0.05) is 68.4 Å². The van der Waals surface area contributed by atoms with Crippen LogP contribution in [-0.2, 0) is 11.3 Å².